The molecule has 0 amide bonds. The molecule has 24 heavy (non-hydrogen) atoms. The Morgan fingerprint density at radius 3 is 2.62 bits per heavy atom. The molecule has 0 aliphatic carbocycles. The van der Waals surface area contributed by atoms with Gasteiger partial charge in [0.1, 0.15) is 23.5 Å². The summed E-state index contributed by atoms with van der Waals surface area (Å²) >= 11 is 0. The summed E-state index contributed by atoms with van der Waals surface area (Å²) in [6.45, 7) is 3.74. The van der Waals surface area contributed by atoms with Crippen LogP contribution in [0.2, 0.25) is 0 Å². The number of aryl methyl sites for hydroxylation is 1. The minimum atomic E-state index is -0.622. The SMILES string of the molecule is CCOC(=O)c1c(C)oc2ccc(OCc3ccccc3)c(F)c12. The fourth-order valence-electron chi connectivity index (χ4n) is 2.55. The van der Waals surface area contributed by atoms with Crippen LogP contribution in [0.25, 0.3) is 11.0 Å². The van der Waals surface area contributed by atoms with Crippen molar-refractivity contribution in [2.75, 3.05) is 6.61 Å². The number of hydrogen-bond donors (Lipinski definition) is 0. The molecule has 0 fully saturated rings. The Morgan fingerprint density at radius 2 is 1.92 bits per heavy atom. The zero-order chi connectivity index (χ0) is 17.1. The van der Waals surface area contributed by atoms with Crippen LogP contribution >= 0.6 is 0 Å². The maximum atomic E-state index is 14.9. The van der Waals surface area contributed by atoms with E-state index in [1.807, 2.05) is 30.3 Å². The average molecular weight is 328 g/mol. The van der Waals surface area contributed by atoms with E-state index in [2.05, 4.69) is 0 Å². The van der Waals surface area contributed by atoms with Crippen LogP contribution < -0.4 is 4.74 Å². The third kappa shape index (κ3) is 2.97. The number of halogens is 1. The van der Waals surface area contributed by atoms with E-state index in [4.69, 9.17) is 13.9 Å². The van der Waals surface area contributed by atoms with Crippen molar-refractivity contribution in [3.05, 3.63) is 65.2 Å². The normalized spacial score (nSPS) is 10.8. The maximum Gasteiger partial charge on any atom is 0.342 e. The number of hydrogen-bond acceptors (Lipinski definition) is 4. The summed E-state index contributed by atoms with van der Waals surface area (Å²) in [5.74, 6) is -0.837. The first-order valence-corrected chi connectivity index (χ1v) is 7.67. The Morgan fingerprint density at radius 1 is 1.17 bits per heavy atom. The number of carbonyl (C=O) groups excluding carboxylic acids is 1. The first-order chi connectivity index (χ1) is 11.6. The van der Waals surface area contributed by atoms with E-state index in [0.29, 0.717) is 11.3 Å². The number of fused-ring (bicyclic) bond motifs is 1. The molecule has 0 N–H and O–H groups in total. The van der Waals surface area contributed by atoms with E-state index >= 15 is 0 Å². The minimum absolute atomic E-state index is 0.0673. The highest BCUT2D eigenvalue weighted by Crippen LogP contribution is 2.33. The van der Waals surface area contributed by atoms with E-state index in [1.54, 1.807) is 19.9 Å². The lowest BCUT2D eigenvalue weighted by molar-refractivity contribution is 0.0526. The molecule has 124 valence electrons. The van der Waals surface area contributed by atoms with Crippen molar-refractivity contribution in [2.45, 2.75) is 20.5 Å². The highest BCUT2D eigenvalue weighted by atomic mass is 19.1. The summed E-state index contributed by atoms with van der Waals surface area (Å²) < 4.78 is 30.9. The minimum Gasteiger partial charge on any atom is -0.486 e. The van der Waals surface area contributed by atoms with Gasteiger partial charge < -0.3 is 13.9 Å². The summed E-state index contributed by atoms with van der Waals surface area (Å²) in [6, 6.07) is 12.5. The van der Waals surface area contributed by atoms with Crippen LogP contribution in [-0.2, 0) is 11.3 Å². The summed E-state index contributed by atoms with van der Waals surface area (Å²) in [7, 11) is 0. The average Bonchev–Trinajstić information content (AvgIpc) is 2.92. The van der Waals surface area contributed by atoms with Crippen LogP contribution in [0.1, 0.15) is 28.6 Å². The zero-order valence-electron chi connectivity index (χ0n) is 13.5. The molecule has 0 spiro atoms. The summed E-state index contributed by atoms with van der Waals surface area (Å²) in [6.07, 6.45) is 0. The second-order valence-electron chi connectivity index (χ2n) is 5.28. The first kappa shape index (κ1) is 16.1. The molecule has 2 aromatic carbocycles. The first-order valence-electron chi connectivity index (χ1n) is 7.67. The number of ether oxygens (including phenoxy) is 2. The number of carbonyl (C=O) groups is 1. The maximum absolute atomic E-state index is 14.9. The van der Waals surface area contributed by atoms with Gasteiger partial charge in [-0.2, -0.15) is 0 Å². The van der Waals surface area contributed by atoms with Crippen molar-refractivity contribution in [3.63, 3.8) is 0 Å². The molecule has 1 heterocycles. The van der Waals surface area contributed by atoms with E-state index < -0.39 is 11.8 Å². The molecular formula is C19H17FO4. The molecule has 4 nitrogen and oxygen atoms in total. The highest BCUT2D eigenvalue weighted by Gasteiger charge is 2.24. The Bertz CT molecular complexity index is 868. The summed E-state index contributed by atoms with van der Waals surface area (Å²) in [4.78, 5) is 12.1. The van der Waals surface area contributed by atoms with E-state index in [9.17, 15) is 9.18 Å². The molecule has 5 heteroatoms. The number of rotatable bonds is 5. The highest BCUT2D eigenvalue weighted by molar-refractivity contribution is 6.05. The molecule has 0 saturated carbocycles. The van der Waals surface area contributed by atoms with Crippen LogP contribution in [0.4, 0.5) is 4.39 Å². The van der Waals surface area contributed by atoms with Crippen molar-refractivity contribution in [3.8, 4) is 5.75 Å². The van der Waals surface area contributed by atoms with Gasteiger partial charge in [-0.3, -0.25) is 0 Å². The van der Waals surface area contributed by atoms with Gasteiger partial charge >= 0.3 is 5.97 Å². The molecular weight excluding hydrogens is 311 g/mol. The number of esters is 1. The Kier molecular flexibility index (Phi) is 4.51. The Hall–Kier alpha value is -2.82. The fraction of sp³-hybridized carbons (Fsp3) is 0.211. The molecule has 0 aliphatic rings. The van der Waals surface area contributed by atoms with Gasteiger partial charge in [0.25, 0.3) is 0 Å². The van der Waals surface area contributed by atoms with Crippen molar-refractivity contribution in [1.29, 1.82) is 0 Å². The molecule has 0 aliphatic heterocycles. The second kappa shape index (κ2) is 6.74. The lowest BCUT2D eigenvalue weighted by Gasteiger charge is -2.08. The molecule has 3 aromatic rings. The van der Waals surface area contributed by atoms with E-state index in [1.165, 1.54) is 6.07 Å². The van der Waals surface area contributed by atoms with Gasteiger partial charge in [0, 0.05) is 0 Å². The smallest absolute Gasteiger partial charge is 0.342 e. The lowest BCUT2D eigenvalue weighted by Crippen LogP contribution is -2.06. The van der Waals surface area contributed by atoms with Gasteiger partial charge in [0.05, 0.1) is 12.0 Å². The van der Waals surface area contributed by atoms with Gasteiger partial charge in [-0.05, 0) is 31.5 Å². The largest absolute Gasteiger partial charge is 0.486 e. The third-order valence-corrected chi connectivity index (χ3v) is 3.65. The summed E-state index contributed by atoms with van der Waals surface area (Å²) in [5.41, 5.74) is 1.32. The van der Waals surface area contributed by atoms with Crippen molar-refractivity contribution in [2.24, 2.45) is 0 Å². The predicted molar refractivity (Wildman–Crippen MR) is 87.6 cm³/mol. The number of benzene rings is 2. The van der Waals surface area contributed by atoms with E-state index in [-0.39, 0.29) is 29.9 Å². The third-order valence-electron chi connectivity index (χ3n) is 3.65. The van der Waals surface area contributed by atoms with Gasteiger partial charge in [0.15, 0.2) is 11.6 Å². The van der Waals surface area contributed by atoms with Gasteiger partial charge in [-0.15, -0.1) is 0 Å². The topological polar surface area (TPSA) is 48.7 Å². The van der Waals surface area contributed by atoms with E-state index in [0.717, 1.165) is 5.56 Å². The van der Waals surface area contributed by atoms with Gasteiger partial charge in [-0.1, -0.05) is 30.3 Å². The molecule has 0 bridgehead atoms. The molecule has 0 atom stereocenters. The molecule has 0 radical (unpaired) electrons. The van der Waals surface area contributed by atoms with Crippen molar-refractivity contribution < 1.29 is 23.1 Å². The van der Waals surface area contributed by atoms with Crippen LogP contribution in [-0.4, -0.2) is 12.6 Å². The summed E-state index contributed by atoms with van der Waals surface area (Å²) in [5, 5.41) is 0.0940. The monoisotopic (exact) mass is 328 g/mol. The Balaban J connectivity index is 1.97. The van der Waals surface area contributed by atoms with Crippen LogP contribution in [0.5, 0.6) is 5.75 Å². The van der Waals surface area contributed by atoms with Crippen LogP contribution in [0.3, 0.4) is 0 Å². The second-order valence-corrected chi connectivity index (χ2v) is 5.28. The molecule has 0 saturated heterocycles. The van der Waals surface area contributed by atoms with Gasteiger partial charge in [-0.25, -0.2) is 9.18 Å². The van der Waals surface area contributed by atoms with Crippen LogP contribution in [0, 0.1) is 12.7 Å². The molecule has 1 aromatic heterocycles. The van der Waals surface area contributed by atoms with Gasteiger partial charge in [0.2, 0.25) is 0 Å². The lowest BCUT2D eigenvalue weighted by atomic mass is 10.1. The van der Waals surface area contributed by atoms with Crippen LogP contribution in [0.15, 0.2) is 46.9 Å². The number of furan rings is 1. The quantitative estimate of drug-likeness (QED) is 0.640. The zero-order valence-corrected chi connectivity index (χ0v) is 13.5. The Labute approximate surface area is 138 Å². The predicted octanol–water partition coefficient (Wildman–Crippen LogP) is 4.64. The fourth-order valence-corrected chi connectivity index (χ4v) is 2.55. The van der Waals surface area contributed by atoms with Crippen molar-refractivity contribution in [1.82, 2.24) is 0 Å². The molecule has 3 rings (SSSR count). The van der Waals surface area contributed by atoms with Crippen molar-refractivity contribution >= 4 is 16.9 Å². The standard InChI is InChI=1S/C19H17FO4/c1-3-22-19(21)16-12(2)24-14-9-10-15(18(20)17(14)16)23-11-13-7-5-4-6-8-13/h4-10H,3,11H2,1-2H3. The molecule has 0 unspecified atom stereocenters.